The maximum atomic E-state index is 13.8. The number of carboxylic acid groups (broad SMARTS) is 1. The molecular formula is C29H22ClF4N3O4. The number of hydrogen-bond donors (Lipinski definition) is 3. The molecule has 0 unspecified atom stereocenters. The van der Waals surface area contributed by atoms with Gasteiger partial charge in [0.15, 0.2) is 0 Å². The van der Waals surface area contributed by atoms with E-state index in [4.69, 9.17) is 16.7 Å². The molecule has 3 N–H and O–H groups in total. The number of anilines is 1. The van der Waals surface area contributed by atoms with E-state index in [-0.39, 0.29) is 28.9 Å². The maximum absolute atomic E-state index is 13.8. The quantitative estimate of drug-likeness (QED) is 0.174. The molecule has 1 aromatic heterocycles. The van der Waals surface area contributed by atoms with E-state index in [2.05, 4.69) is 20.4 Å². The fourth-order valence-corrected chi connectivity index (χ4v) is 4.24. The number of alkyl halides is 4. The third-order valence-electron chi connectivity index (χ3n) is 6.03. The number of ether oxygens (including phenoxy) is 1. The zero-order valence-electron chi connectivity index (χ0n) is 21.0. The summed E-state index contributed by atoms with van der Waals surface area (Å²) < 4.78 is 57.7. The van der Waals surface area contributed by atoms with Gasteiger partial charge in [-0.2, -0.15) is 17.6 Å². The number of carbonyl (C=O) groups is 2. The Morgan fingerprint density at radius 2 is 1.66 bits per heavy atom. The normalized spacial score (nSPS) is 12.8. The van der Waals surface area contributed by atoms with Crippen molar-refractivity contribution >= 4 is 29.3 Å². The summed E-state index contributed by atoms with van der Waals surface area (Å²) in [6.45, 7) is 0. The molecule has 0 aliphatic heterocycles. The largest absolute Gasteiger partial charge is 0.478 e. The van der Waals surface area contributed by atoms with Crippen LogP contribution < -0.4 is 15.4 Å². The van der Waals surface area contributed by atoms with Gasteiger partial charge in [0, 0.05) is 18.3 Å². The lowest BCUT2D eigenvalue weighted by Gasteiger charge is -2.35. The number of hydrogen-bond acceptors (Lipinski definition) is 4. The van der Waals surface area contributed by atoms with Gasteiger partial charge >= 0.3 is 24.5 Å². The second kappa shape index (κ2) is 12.3. The number of urea groups is 1. The summed E-state index contributed by atoms with van der Waals surface area (Å²) in [4.78, 5) is 29.0. The molecule has 12 heteroatoms. The van der Waals surface area contributed by atoms with Crippen LogP contribution in [0.3, 0.4) is 0 Å². The first kappa shape index (κ1) is 29.3. The van der Waals surface area contributed by atoms with Gasteiger partial charge in [-0.1, -0.05) is 54.1 Å². The van der Waals surface area contributed by atoms with Crippen molar-refractivity contribution in [1.82, 2.24) is 10.3 Å². The number of carbonyl (C=O) groups excluding carboxylic acids is 1. The summed E-state index contributed by atoms with van der Waals surface area (Å²) in [5.41, 5.74) is -0.137. The molecule has 0 aliphatic rings. The summed E-state index contributed by atoms with van der Waals surface area (Å²) >= 11 is 6.07. The van der Waals surface area contributed by atoms with Crippen molar-refractivity contribution in [3.8, 4) is 5.75 Å². The number of pyridine rings is 1. The monoisotopic (exact) mass is 587 g/mol. The minimum absolute atomic E-state index is 0.0113. The molecular weight excluding hydrogens is 566 g/mol. The molecule has 0 saturated heterocycles. The first-order valence-corrected chi connectivity index (χ1v) is 12.4. The Morgan fingerprint density at radius 3 is 2.27 bits per heavy atom. The number of nitrogens with zero attached hydrogens (tertiary/aromatic N) is 1. The van der Waals surface area contributed by atoms with E-state index in [0.29, 0.717) is 10.6 Å². The van der Waals surface area contributed by atoms with E-state index in [0.717, 1.165) is 12.1 Å². The van der Waals surface area contributed by atoms with Gasteiger partial charge in [-0.3, -0.25) is 4.98 Å². The van der Waals surface area contributed by atoms with E-state index in [1.807, 2.05) is 0 Å². The molecule has 41 heavy (non-hydrogen) atoms. The average Bonchev–Trinajstić information content (AvgIpc) is 2.93. The van der Waals surface area contributed by atoms with Crippen LogP contribution in [0.4, 0.5) is 28.0 Å². The summed E-state index contributed by atoms with van der Waals surface area (Å²) in [7, 11) is 0. The van der Waals surface area contributed by atoms with E-state index in [1.54, 1.807) is 30.3 Å². The van der Waals surface area contributed by atoms with Crippen LogP contribution in [-0.2, 0) is 12.0 Å². The molecule has 0 radical (unpaired) electrons. The van der Waals surface area contributed by atoms with Gasteiger partial charge in [0.05, 0.1) is 16.3 Å². The van der Waals surface area contributed by atoms with E-state index in [1.165, 1.54) is 54.7 Å². The number of benzene rings is 3. The fourth-order valence-electron chi connectivity index (χ4n) is 4.13. The van der Waals surface area contributed by atoms with Crippen LogP contribution in [0.2, 0.25) is 5.02 Å². The predicted molar refractivity (Wildman–Crippen MR) is 144 cm³/mol. The zero-order valence-corrected chi connectivity index (χ0v) is 21.8. The minimum Gasteiger partial charge on any atom is -0.478 e. The molecule has 1 heterocycles. The standard InChI is InChI=1S/C29H22ClF4N3O4/c30-21-11-14-24(35-17-21)28(16-18-5-2-1-3-6-18,20-7-4-8-23(15-20)41-29(33,34)26(31)32)37-27(40)36-22-12-9-19(10-13-22)25(38)39/h1-15,17,26H,16H2,(H,38,39)(H2,36,37,40)/t28-/m0/s1. The van der Waals surface area contributed by atoms with Gasteiger partial charge in [-0.25, -0.2) is 9.59 Å². The predicted octanol–water partition coefficient (Wildman–Crippen LogP) is 6.98. The molecule has 7 nitrogen and oxygen atoms in total. The summed E-state index contributed by atoms with van der Waals surface area (Å²) in [6.07, 6.45) is -7.45. The Bertz CT molecular complexity index is 1510. The Hall–Kier alpha value is -4.64. The van der Waals surface area contributed by atoms with E-state index < -0.39 is 35.8 Å². The molecule has 4 aromatic rings. The number of carboxylic acids is 1. The second-order valence-electron chi connectivity index (χ2n) is 8.88. The summed E-state index contributed by atoms with van der Waals surface area (Å²) in [5, 5.41) is 14.9. The highest BCUT2D eigenvalue weighted by Gasteiger charge is 2.44. The van der Waals surface area contributed by atoms with Crippen LogP contribution in [0.1, 0.15) is 27.2 Å². The first-order chi connectivity index (χ1) is 19.5. The molecule has 3 aromatic carbocycles. The Balaban J connectivity index is 1.81. The minimum atomic E-state index is -4.76. The highest BCUT2D eigenvalue weighted by Crippen LogP contribution is 2.36. The molecule has 0 bridgehead atoms. The smallest absolute Gasteiger partial charge is 0.461 e. The fraction of sp³-hybridized carbons (Fsp3) is 0.138. The Morgan fingerprint density at radius 1 is 0.951 bits per heavy atom. The SMILES string of the molecule is O=C(Nc1ccc(C(=O)O)cc1)N[C@@](Cc1ccccc1)(c1cccc(OC(F)(F)C(F)F)c1)c1ccc(Cl)cn1. The van der Waals surface area contributed by atoms with Gasteiger partial charge in [0.25, 0.3) is 0 Å². The third-order valence-corrected chi connectivity index (χ3v) is 6.25. The van der Waals surface area contributed by atoms with Crippen LogP contribution in [0.5, 0.6) is 5.75 Å². The van der Waals surface area contributed by atoms with Crippen LogP contribution in [0, 0.1) is 0 Å². The van der Waals surface area contributed by atoms with E-state index in [9.17, 15) is 27.2 Å². The molecule has 4 rings (SSSR count). The lowest BCUT2D eigenvalue weighted by molar-refractivity contribution is -0.253. The van der Waals surface area contributed by atoms with Crippen molar-refractivity contribution in [2.45, 2.75) is 24.5 Å². The number of amides is 2. The van der Waals surface area contributed by atoms with Crippen molar-refractivity contribution < 1.29 is 37.0 Å². The number of nitrogens with one attached hydrogen (secondary N) is 2. The second-order valence-corrected chi connectivity index (χ2v) is 9.32. The molecule has 1 atom stereocenters. The summed E-state index contributed by atoms with van der Waals surface area (Å²) in [5.74, 6) is -1.71. The van der Waals surface area contributed by atoms with Gasteiger partial charge in [0.1, 0.15) is 11.3 Å². The number of aromatic nitrogens is 1. The maximum Gasteiger partial charge on any atom is 0.461 e. The van der Waals surface area contributed by atoms with Crippen LogP contribution >= 0.6 is 11.6 Å². The van der Waals surface area contributed by atoms with Crippen LogP contribution in [-0.4, -0.2) is 34.6 Å². The number of rotatable bonds is 10. The van der Waals surface area contributed by atoms with Crippen molar-refractivity contribution in [1.29, 1.82) is 0 Å². The lowest BCUT2D eigenvalue weighted by Crippen LogP contribution is -2.50. The van der Waals surface area contributed by atoms with Crippen molar-refractivity contribution in [2.24, 2.45) is 0 Å². The van der Waals surface area contributed by atoms with Crippen molar-refractivity contribution in [3.05, 3.63) is 125 Å². The Kier molecular flexibility index (Phi) is 8.77. The number of aromatic carboxylic acids is 1. The molecule has 0 saturated carbocycles. The lowest BCUT2D eigenvalue weighted by atomic mass is 9.80. The topological polar surface area (TPSA) is 101 Å². The third kappa shape index (κ3) is 7.12. The average molecular weight is 588 g/mol. The van der Waals surface area contributed by atoms with Crippen LogP contribution in [0.15, 0.2) is 97.2 Å². The molecule has 212 valence electrons. The first-order valence-electron chi connectivity index (χ1n) is 12.0. The summed E-state index contributed by atoms with van der Waals surface area (Å²) in [6, 6.07) is 21.6. The molecule has 0 fully saturated rings. The zero-order chi connectivity index (χ0) is 29.6. The van der Waals surface area contributed by atoms with E-state index >= 15 is 0 Å². The highest BCUT2D eigenvalue weighted by atomic mass is 35.5. The molecule has 0 aliphatic carbocycles. The van der Waals surface area contributed by atoms with Gasteiger partial charge in [-0.05, 0) is 59.7 Å². The van der Waals surface area contributed by atoms with Gasteiger partial charge in [-0.15, -0.1) is 0 Å². The molecule has 2 amide bonds. The number of halogens is 5. The van der Waals surface area contributed by atoms with Crippen LogP contribution in [0.25, 0.3) is 0 Å². The van der Waals surface area contributed by atoms with Crippen molar-refractivity contribution in [3.63, 3.8) is 0 Å². The molecule has 0 spiro atoms. The highest BCUT2D eigenvalue weighted by molar-refractivity contribution is 6.30. The van der Waals surface area contributed by atoms with Gasteiger partial charge < -0.3 is 20.5 Å². The van der Waals surface area contributed by atoms with Gasteiger partial charge in [0.2, 0.25) is 0 Å². The Labute approximate surface area is 236 Å². The van der Waals surface area contributed by atoms with Crippen molar-refractivity contribution in [2.75, 3.05) is 5.32 Å².